The molecule has 1 aliphatic carbocycles. The average molecular weight is 591 g/mol. The van der Waals surface area contributed by atoms with Crippen LogP contribution in [0.2, 0.25) is 0 Å². The summed E-state index contributed by atoms with van der Waals surface area (Å²) in [7, 11) is 0. The fourth-order valence-corrected chi connectivity index (χ4v) is 6.53. The number of hydrogen-bond donors (Lipinski definition) is 1. The van der Waals surface area contributed by atoms with E-state index in [1.54, 1.807) is 12.1 Å². The number of piperidine rings is 1. The molecule has 2 aromatic carbocycles. The van der Waals surface area contributed by atoms with Crippen molar-refractivity contribution in [3.8, 4) is 6.07 Å². The molecule has 0 radical (unpaired) electrons. The third kappa shape index (κ3) is 6.87. The molecular formula is C37H43FN6. The number of aromatic nitrogens is 3. The fraction of sp³-hybridized carbons (Fsp3) is 0.432. The van der Waals surface area contributed by atoms with Crippen molar-refractivity contribution in [2.75, 3.05) is 19.6 Å². The van der Waals surface area contributed by atoms with Gasteiger partial charge in [-0.3, -0.25) is 9.88 Å². The molecule has 228 valence electrons. The predicted octanol–water partition coefficient (Wildman–Crippen LogP) is 7.38. The zero-order valence-electron chi connectivity index (χ0n) is 25.9. The first-order valence-corrected chi connectivity index (χ1v) is 16.3. The van der Waals surface area contributed by atoms with Gasteiger partial charge in [0.2, 0.25) is 0 Å². The van der Waals surface area contributed by atoms with Crippen LogP contribution in [0.5, 0.6) is 0 Å². The van der Waals surface area contributed by atoms with Crippen molar-refractivity contribution in [2.45, 2.75) is 77.3 Å². The van der Waals surface area contributed by atoms with E-state index >= 15 is 0 Å². The number of fused-ring (bicyclic) bond motifs is 1. The van der Waals surface area contributed by atoms with Crippen molar-refractivity contribution in [2.24, 2.45) is 5.92 Å². The number of halogens is 1. The Balaban J connectivity index is 1.10. The van der Waals surface area contributed by atoms with E-state index in [9.17, 15) is 4.39 Å². The molecule has 44 heavy (non-hydrogen) atoms. The molecule has 7 heteroatoms. The molecule has 3 heterocycles. The monoisotopic (exact) mass is 590 g/mol. The van der Waals surface area contributed by atoms with E-state index in [0.717, 1.165) is 86.1 Å². The summed E-state index contributed by atoms with van der Waals surface area (Å²) < 4.78 is 16.9. The number of aryl methyl sites for hydroxylation is 2. The van der Waals surface area contributed by atoms with Gasteiger partial charge in [0.25, 0.3) is 0 Å². The van der Waals surface area contributed by atoms with E-state index < -0.39 is 0 Å². The molecule has 1 saturated carbocycles. The Labute approximate surface area is 260 Å². The van der Waals surface area contributed by atoms with Crippen LogP contribution in [0.25, 0.3) is 16.7 Å². The second kappa shape index (κ2) is 13.7. The Morgan fingerprint density at radius 2 is 1.89 bits per heavy atom. The molecule has 1 aliphatic heterocycles. The van der Waals surface area contributed by atoms with Crippen molar-refractivity contribution in [1.29, 1.82) is 5.26 Å². The van der Waals surface area contributed by atoms with E-state index in [1.165, 1.54) is 36.7 Å². The number of benzene rings is 2. The van der Waals surface area contributed by atoms with Crippen LogP contribution < -0.4 is 5.32 Å². The quantitative estimate of drug-likeness (QED) is 0.187. The molecule has 6 rings (SSSR count). The molecule has 0 unspecified atom stereocenters. The minimum atomic E-state index is -0.316. The summed E-state index contributed by atoms with van der Waals surface area (Å²) in [5.74, 6) is 2.03. The molecule has 0 spiro atoms. The SMILES string of the molecule is C=C(NCCC)c1ccc2nc(CN3CCC(c4cccc(CCc5ccc(C#N)cc5F)n4)CC3)n(CC3CCC3)c2c1. The highest BCUT2D eigenvalue weighted by molar-refractivity contribution is 5.81. The van der Waals surface area contributed by atoms with Crippen LogP contribution in [0.15, 0.2) is 61.2 Å². The second-order valence-electron chi connectivity index (χ2n) is 12.6. The minimum Gasteiger partial charge on any atom is -0.385 e. The van der Waals surface area contributed by atoms with Crippen LogP contribution in [0, 0.1) is 23.1 Å². The summed E-state index contributed by atoms with van der Waals surface area (Å²) in [6, 6.07) is 19.5. The predicted molar refractivity (Wildman–Crippen MR) is 174 cm³/mol. The first-order valence-electron chi connectivity index (χ1n) is 16.3. The van der Waals surface area contributed by atoms with Gasteiger partial charge in [-0.15, -0.1) is 0 Å². The Morgan fingerprint density at radius 3 is 2.61 bits per heavy atom. The first kappa shape index (κ1) is 30.0. The Morgan fingerprint density at radius 1 is 1.05 bits per heavy atom. The summed E-state index contributed by atoms with van der Waals surface area (Å²) in [5.41, 5.74) is 7.53. The van der Waals surface area contributed by atoms with E-state index in [2.05, 4.69) is 58.6 Å². The van der Waals surface area contributed by atoms with E-state index in [4.69, 9.17) is 15.2 Å². The summed E-state index contributed by atoms with van der Waals surface area (Å²) in [6.07, 6.45) is 8.41. The van der Waals surface area contributed by atoms with Crippen molar-refractivity contribution < 1.29 is 4.39 Å². The van der Waals surface area contributed by atoms with E-state index in [-0.39, 0.29) is 5.82 Å². The second-order valence-corrected chi connectivity index (χ2v) is 12.6. The van der Waals surface area contributed by atoms with Gasteiger partial charge in [-0.1, -0.05) is 38.1 Å². The maximum atomic E-state index is 14.4. The standard InChI is InChI=1S/C37H43FN6/c1-3-18-40-26(2)31-13-15-35-36(22-31)44(24-27-6-4-7-27)37(42-35)25-43-19-16-30(17-20-43)34-9-5-8-32(41-34)14-12-29-11-10-28(23-39)21-33(29)38/h5,8-11,13,15,21-22,27,30,40H,2-4,6-7,12,14,16-20,24-25H2,1H3. The number of likely N-dealkylation sites (tertiary alicyclic amines) is 1. The molecule has 0 amide bonds. The van der Waals surface area contributed by atoms with Gasteiger partial charge in [-0.05, 0) is 111 Å². The van der Waals surface area contributed by atoms with Crippen molar-refractivity contribution >= 4 is 16.7 Å². The van der Waals surface area contributed by atoms with Gasteiger partial charge in [0.05, 0.1) is 29.2 Å². The van der Waals surface area contributed by atoms with Gasteiger partial charge >= 0.3 is 0 Å². The van der Waals surface area contributed by atoms with Crippen LogP contribution in [-0.2, 0) is 25.9 Å². The highest BCUT2D eigenvalue weighted by Gasteiger charge is 2.25. The number of hydrogen-bond acceptors (Lipinski definition) is 5. The zero-order chi connectivity index (χ0) is 30.5. The number of nitrogens with zero attached hydrogens (tertiary/aromatic N) is 5. The normalized spacial score (nSPS) is 16.1. The van der Waals surface area contributed by atoms with Crippen LogP contribution in [0.4, 0.5) is 4.39 Å². The number of pyridine rings is 1. The Hall–Kier alpha value is -4.02. The molecule has 2 aromatic heterocycles. The van der Waals surface area contributed by atoms with Crippen LogP contribution >= 0.6 is 0 Å². The number of imidazole rings is 1. The number of nitriles is 1. The lowest BCUT2D eigenvalue weighted by atomic mass is 9.85. The molecular weight excluding hydrogens is 547 g/mol. The number of nitrogens with one attached hydrogen (secondary N) is 1. The molecule has 2 aliphatic rings. The third-order valence-electron chi connectivity index (χ3n) is 9.46. The first-order chi connectivity index (χ1) is 21.5. The van der Waals surface area contributed by atoms with Gasteiger partial charge in [0, 0.05) is 36.1 Å². The Bertz CT molecular complexity index is 1650. The molecule has 2 fully saturated rings. The summed E-state index contributed by atoms with van der Waals surface area (Å²) in [5, 5.41) is 12.4. The van der Waals surface area contributed by atoms with Gasteiger partial charge in [-0.25, -0.2) is 9.37 Å². The van der Waals surface area contributed by atoms with E-state index in [1.807, 2.05) is 12.1 Å². The Kier molecular flexibility index (Phi) is 9.37. The van der Waals surface area contributed by atoms with Crippen molar-refractivity contribution in [3.63, 3.8) is 0 Å². The van der Waals surface area contributed by atoms with Gasteiger partial charge < -0.3 is 9.88 Å². The van der Waals surface area contributed by atoms with Gasteiger partial charge in [0.1, 0.15) is 11.6 Å². The fourth-order valence-electron chi connectivity index (χ4n) is 6.53. The topological polar surface area (TPSA) is 69.8 Å². The third-order valence-corrected chi connectivity index (χ3v) is 9.46. The highest BCUT2D eigenvalue weighted by atomic mass is 19.1. The lowest BCUT2D eigenvalue weighted by Crippen LogP contribution is -2.34. The maximum Gasteiger partial charge on any atom is 0.127 e. The largest absolute Gasteiger partial charge is 0.385 e. The van der Waals surface area contributed by atoms with E-state index in [0.29, 0.717) is 29.9 Å². The molecule has 4 aromatic rings. The van der Waals surface area contributed by atoms with Gasteiger partial charge in [0.15, 0.2) is 0 Å². The summed E-state index contributed by atoms with van der Waals surface area (Å²) in [4.78, 5) is 12.7. The van der Waals surface area contributed by atoms with Crippen LogP contribution in [0.1, 0.15) is 85.3 Å². The van der Waals surface area contributed by atoms with Crippen LogP contribution in [-0.4, -0.2) is 39.1 Å². The number of rotatable bonds is 12. The smallest absolute Gasteiger partial charge is 0.127 e. The lowest BCUT2D eigenvalue weighted by Gasteiger charge is -2.32. The molecule has 0 atom stereocenters. The minimum absolute atomic E-state index is 0.316. The van der Waals surface area contributed by atoms with Crippen molar-refractivity contribution in [1.82, 2.24) is 24.8 Å². The average Bonchev–Trinajstić information content (AvgIpc) is 3.37. The van der Waals surface area contributed by atoms with Crippen LogP contribution in [0.3, 0.4) is 0 Å². The van der Waals surface area contributed by atoms with Gasteiger partial charge in [-0.2, -0.15) is 5.26 Å². The lowest BCUT2D eigenvalue weighted by molar-refractivity contribution is 0.193. The van der Waals surface area contributed by atoms with Crippen molar-refractivity contribution in [3.05, 3.63) is 101 Å². The summed E-state index contributed by atoms with van der Waals surface area (Å²) in [6.45, 7) is 11.3. The molecule has 1 N–H and O–H groups in total. The summed E-state index contributed by atoms with van der Waals surface area (Å²) >= 11 is 0. The highest BCUT2D eigenvalue weighted by Crippen LogP contribution is 2.32. The maximum absolute atomic E-state index is 14.4. The molecule has 0 bridgehead atoms. The molecule has 1 saturated heterocycles. The zero-order valence-corrected chi connectivity index (χ0v) is 25.9. The molecule has 6 nitrogen and oxygen atoms in total.